The zero-order valence-electron chi connectivity index (χ0n) is 35.9. The number of fused-ring (bicyclic) bond motifs is 1. The number of aromatic nitrogens is 6. The van der Waals surface area contributed by atoms with Crippen molar-refractivity contribution in [3.05, 3.63) is 81.9 Å². The van der Waals surface area contributed by atoms with Gasteiger partial charge in [0.15, 0.2) is 29.5 Å². The number of aliphatic carboxylic acids is 1. The summed E-state index contributed by atoms with van der Waals surface area (Å²) < 4.78 is 60.1. The molecule has 3 aromatic heterocycles. The van der Waals surface area contributed by atoms with Gasteiger partial charge >= 0.3 is 33.3 Å². The number of carbonyl (C=O) groups excluding carboxylic acids is 1. The molecule has 6 rings (SSSR count). The first-order valence-electron chi connectivity index (χ1n) is 19.8. The monoisotopic (exact) mass is 1030 g/mol. The number of nitrogens with zero attached hydrogens (tertiary/aromatic N) is 10. The molecule has 68 heavy (non-hydrogen) atoms. The third-order valence-electron chi connectivity index (χ3n) is 10.0. The number of aliphatic hydroxyl groups is 2. The normalized spacial score (nSPS) is 25.5. The van der Waals surface area contributed by atoms with Crippen molar-refractivity contribution < 1.29 is 76.5 Å². The maximum absolute atomic E-state index is 14.0. The van der Waals surface area contributed by atoms with E-state index in [1.54, 1.807) is 0 Å². The average molecular weight is 1030 g/mol. The number of anilines is 1. The number of phosphoric ester groups is 2. The smallest absolute Gasteiger partial charge is 0.472 e. The topological polar surface area (TPSA) is 428 Å². The van der Waals surface area contributed by atoms with Gasteiger partial charge in [0.1, 0.15) is 43.3 Å². The SMILES string of the molecule is CC(C)(C)SSC[C@@H](C(=O)O)N(CC(=O)OCc1ccc(N=[N+]=[N-])cc1)C1C(COP(=O)(O)OC2C(N)(O)COC2(COP(=O)(O)O)n2cccnc2=O)OC(n2cnc3c(N)ncnc32)C1O. The molecule has 2 saturated heterocycles. The van der Waals surface area contributed by atoms with E-state index < -0.39 is 108 Å². The molecule has 0 radical (unpaired) electrons. The molecule has 0 spiro atoms. The Morgan fingerprint density at radius 2 is 1.87 bits per heavy atom. The fourth-order valence-corrected chi connectivity index (χ4v) is 11.0. The van der Waals surface area contributed by atoms with Gasteiger partial charge in [0.2, 0.25) is 5.72 Å². The van der Waals surface area contributed by atoms with Crippen LogP contribution in [0.3, 0.4) is 0 Å². The van der Waals surface area contributed by atoms with Crippen molar-refractivity contribution in [2.24, 2.45) is 10.8 Å². The van der Waals surface area contributed by atoms with Crippen molar-refractivity contribution in [3.63, 3.8) is 0 Å². The van der Waals surface area contributed by atoms with Crippen LogP contribution in [0.15, 0.2) is 65.3 Å². The lowest BCUT2D eigenvalue weighted by Gasteiger charge is -2.38. The number of hydrogen-bond donors (Lipinski definition) is 8. The van der Waals surface area contributed by atoms with Crippen LogP contribution in [0, 0.1) is 0 Å². The van der Waals surface area contributed by atoms with Gasteiger partial charge in [-0.2, -0.15) is 0 Å². The molecule has 2 aliphatic heterocycles. The van der Waals surface area contributed by atoms with E-state index in [0.717, 1.165) is 34.4 Å². The van der Waals surface area contributed by atoms with Gasteiger partial charge in [0.05, 0.1) is 32.1 Å². The van der Waals surface area contributed by atoms with Crippen LogP contribution in [0.5, 0.6) is 0 Å². The number of phosphoric acid groups is 2. The van der Waals surface area contributed by atoms with Gasteiger partial charge in [-0.3, -0.25) is 42.9 Å². The minimum Gasteiger partial charge on any atom is -0.480 e. The Morgan fingerprint density at radius 1 is 1.15 bits per heavy atom. The van der Waals surface area contributed by atoms with Crippen LogP contribution in [0.4, 0.5) is 11.5 Å². The number of rotatable bonds is 21. The van der Waals surface area contributed by atoms with Crippen molar-refractivity contribution in [1.29, 1.82) is 0 Å². The van der Waals surface area contributed by atoms with E-state index in [2.05, 4.69) is 34.5 Å². The van der Waals surface area contributed by atoms with Crippen molar-refractivity contribution in [2.45, 2.75) is 80.2 Å². The summed E-state index contributed by atoms with van der Waals surface area (Å²) in [6.45, 7) is 1.11. The summed E-state index contributed by atoms with van der Waals surface area (Å²) in [5.74, 6) is -2.72. The van der Waals surface area contributed by atoms with Crippen LogP contribution in [0.1, 0.15) is 32.6 Å². The molecular weight excluding hydrogens is 987 g/mol. The van der Waals surface area contributed by atoms with Gasteiger partial charge in [-0.05, 0) is 17.2 Å². The molecular formula is C35H46N12O17P2S2. The first kappa shape index (κ1) is 52.7. The highest BCUT2D eigenvalue weighted by Crippen LogP contribution is 2.53. The fourth-order valence-electron chi connectivity index (χ4n) is 7.13. The number of carbonyl (C=O) groups is 2. The quantitative estimate of drug-likeness (QED) is 0.0109. The number of nitrogens with two attached hydrogens (primary N) is 2. The van der Waals surface area contributed by atoms with Gasteiger partial charge in [0, 0.05) is 33.5 Å². The molecule has 4 aromatic rings. The molecule has 5 heterocycles. The molecule has 370 valence electrons. The molecule has 0 saturated carbocycles. The van der Waals surface area contributed by atoms with Gasteiger partial charge in [-0.1, -0.05) is 71.7 Å². The van der Waals surface area contributed by atoms with Gasteiger partial charge in [0.25, 0.3) is 0 Å². The molecule has 10 N–H and O–H groups in total. The maximum Gasteiger partial charge on any atom is 0.472 e. The molecule has 1 aromatic carbocycles. The van der Waals surface area contributed by atoms with E-state index in [1.165, 1.54) is 52.0 Å². The molecule has 33 heteroatoms. The number of benzene rings is 1. The Kier molecular flexibility index (Phi) is 16.4. The maximum atomic E-state index is 14.0. The summed E-state index contributed by atoms with van der Waals surface area (Å²) in [7, 11) is -8.63. The van der Waals surface area contributed by atoms with E-state index in [4.69, 9.17) is 40.3 Å². The number of carboxylic acids is 1. The number of carboxylic acid groups (broad SMARTS) is 1. The molecule has 29 nitrogen and oxygen atoms in total. The van der Waals surface area contributed by atoms with E-state index >= 15 is 0 Å². The summed E-state index contributed by atoms with van der Waals surface area (Å²) in [6.07, 6.45) is -3.19. The summed E-state index contributed by atoms with van der Waals surface area (Å²) in [6, 6.07) is 3.91. The summed E-state index contributed by atoms with van der Waals surface area (Å²) in [5, 5.41) is 37.7. The second kappa shape index (κ2) is 21.2. The van der Waals surface area contributed by atoms with E-state index in [1.807, 2.05) is 20.8 Å². The minimum absolute atomic E-state index is 0.0327. The Morgan fingerprint density at radius 3 is 2.51 bits per heavy atom. The lowest BCUT2D eigenvalue weighted by Crippen LogP contribution is -2.60. The number of imidazole rings is 1. The molecule has 2 aliphatic rings. The third-order valence-corrected chi connectivity index (χ3v) is 14.8. The molecule has 0 aliphatic carbocycles. The largest absolute Gasteiger partial charge is 0.480 e. The Balaban J connectivity index is 1.37. The highest BCUT2D eigenvalue weighted by Gasteiger charge is 2.63. The number of hydrogen-bond acceptors (Lipinski definition) is 23. The standard InChI is InChI=1S/C35H46N12O17P2S2/c1-33(2,3)68-67-14-21(30(50)51)45(11-23(48)59-12-19-5-7-20(8-6-19)43-44-38)25-22(63-29(26(25)49)46-18-42-24-27(36)40-17-41-28(24)46)13-61-66(57,58)64-31-34(37,53)15-60-35(31,16-62-65(54,55)56)47-10-4-9-39-32(47)52/h4-10,17-18,21-22,25-26,29,31,49,53H,11-16,37H2,1-3H3,(H,50,51)(H,57,58)(H2,36,40,41)(H2,54,55,56)/t21-,22?,25?,26?,29?,31?,34?,35?/m0/s1. The first-order chi connectivity index (χ1) is 31.8. The van der Waals surface area contributed by atoms with Crippen molar-refractivity contribution in [2.75, 3.05) is 37.9 Å². The molecule has 9 atom stereocenters. The minimum atomic E-state index is -5.70. The number of aliphatic hydroxyl groups excluding tert-OH is 1. The number of esters is 1. The lowest BCUT2D eigenvalue weighted by atomic mass is 10.0. The van der Waals surface area contributed by atoms with Crippen LogP contribution < -0.4 is 17.2 Å². The van der Waals surface area contributed by atoms with Crippen LogP contribution in [-0.4, -0.2) is 149 Å². The Bertz CT molecular complexity index is 2670. The van der Waals surface area contributed by atoms with Crippen LogP contribution in [0.2, 0.25) is 0 Å². The summed E-state index contributed by atoms with van der Waals surface area (Å²) >= 11 is 0. The van der Waals surface area contributed by atoms with Gasteiger partial charge in [-0.15, -0.1) is 0 Å². The number of nitrogen functional groups attached to an aromatic ring is 1. The second-order valence-electron chi connectivity index (χ2n) is 16.1. The second-order valence-corrected chi connectivity index (χ2v) is 21.9. The van der Waals surface area contributed by atoms with Crippen LogP contribution in [-0.2, 0) is 58.8 Å². The van der Waals surface area contributed by atoms with Crippen molar-refractivity contribution >= 4 is 71.8 Å². The van der Waals surface area contributed by atoms with E-state index in [-0.39, 0.29) is 39.8 Å². The van der Waals surface area contributed by atoms with Gasteiger partial charge in [-0.25, -0.2) is 33.9 Å². The first-order valence-corrected chi connectivity index (χ1v) is 25.1. The molecule has 0 bridgehead atoms. The van der Waals surface area contributed by atoms with Crippen molar-refractivity contribution in [1.82, 2.24) is 34.0 Å². The Labute approximate surface area is 391 Å². The molecule has 0 amide bonds. The van der Waals surface area contributed by atoms with Gasteiger partial charge < -0.3 is 49.9 Å². The lowest BCUT2D eigenvalue weighted by molar-refractivity contribution is -0.156. The van der Waals surface area contributed by atoms with E-state index in [0.29, 0.717) is 10.1 Å². The van der Waals surface area contributed by atoms with Crippen LogP contribution in [0.25, 0.3) is 21.6 Å². The third kappa shape index (κ3) is 12.6. The number of azide groups is 1. The predicted molar refractivity (Wildman–Crippen MR) is 237 cm³/mol. The summed E-state index contributed by atoms with van der Waals surface area (Å²) in [4.78, 5) is 90.1. The van der Waals surface area contributed by atoms with Crippen LogP contribution >= 0.6 is 37.2 Å². The summed E-state index contributed by atoms with van der Waals surface area (Å²) in [5.41, 5.74) is 15.0. The predicted octanol–water partition coefficient (Wildman–Crippen LogP) is 0.854. The fraction of sp³-hybridized carbons (Fsp3) is 0.514. The molecule has 8 unspecified atom stereocenters. The highest BCUT2D eigenvalue weighted by atomic mass is 33.1. The zero-order valence-corrected chi connectivity index (χ0v) is 39.3. The van der Waals surface area contributed by atoms with Crippen molar-refractivity contribution in [3.8, 4) is 0 Å². The highest BCUT2D eigenvalue weighted by molar-refractivity contribution is 8.77. The zero-order chi connectivity index (χ0) is 49.8. The number of ether oxygens (including phenoxy) is 3. The Hall–Kier alpha value is -4.62. The van der Waals surface area contributed by atoms with E-state index in [9.17, 15) is 53.5 Å². The molecule has 2 fully saturated rings. The average Bonchev–Trinajstić information content (AvgIpc) is 3.91.